The maximum atomic E-state index is 13.4. The molecule has 170 valence electrons. The molecule has 0 aliphatic carbocycles. The van der Waals surface area contributed by atoms with Gasteiger partial charge in [0.05, 0.1) is 22.5 Å². The van der Waals surface area contributed by atoms with Gasteiger partial charge in [-0.05, 0) is 53.2 Å². The first kappa shape index (κ1) is 22.8. The van der Waals surface area contributed by atoms with Crippen molar-refractivity contribution in [1.82, 2.24) is 19.9 Å². The molecule has 1 N–H and O–H groups in total. The van der Waals surface area contributed by atoms with E-state index in [1.807, 2.05) is 0 Å². The van der Waals surface area contributed by atoms with Crippen LogP contribution in [0.1, 0.15) is 16.7 Å². The summed E-state index contributed by atoms with van der Waals surface area (Å²) in [6.07, 6.45) is -3.18. The largest absolute Gasteiger partial charge is 0.480 e. The van der Waals surface area contributed by atoms with Crippen molar-refractivity contribution in [2.24, 2.45) is 0 Å². The second-order valence-electron chi connectivity index (χ2n) is 6.96. The second-order valence-corrected chi connectivity index (χ2v) is 8.39. The lowest BCUT2D eigenvalue weighted by Gasteiger charge is -2.13. The van der Waals surface area contributed by atoms with E-state index >= 15 is 0 Å². The van der Waals surface area contributed by atoms with Gasteiger partial charge in [0.1, 0.15) is 12.1 Å². The Morgan fingerprint density at radius 2 is 1.94 bits per heavy atom. The summed E-state index contributed by atoms with van der Waals surface area (Å²) in [6.45, 7) is -0.935. The highest BCUT2D eigenvalue weighted by molar-refractivity contribution is 8.18. The van der Waals surface area contributed by atoms with Gasteiger partial charge in [0.2, 0.25) is 0 Å². The van der Waals surface area contributed by atoms with Crippen LogP contribution in [0.5, 0.6) is 0 Å². The Morgan fingerprint density at radius 1 is 1.18 bits per heavy atom. The first-order valence-electron chi connectivity index (χ1n) is 9.19. The van der Waals surface area contributed by atoms with Crippen LogP contribution < -0.4 is 0 Å². The number of hydrogen-bond donors (Lipinski definition) is 1. The van der Waals surface area contributed by atoms with Crippen molar-refractivity contribution in [1.29, 1.82) is 0 Å². The number of halogens is 4. The van der Waals surface area contributed by atoms with Crippen LogP contribution >= 0.6 is 23.4 Å². The van der Waals surface area contributed by atoms with E-state index in [-0.39, 0.29) is 22.0 Å². The summed E-state index contributed by atoms with van der Waals surface area (Å²) in [6, 6.07) is 8.20. The molecule has 0 unspecified atom stereocenters. The van der Waals surface area contributed by atoms with Crippen LogP contribution in [0.15, 0.2) is 41.3 Å². The topological polar surface area (TPSA) is 105 Å². The summed E-state index contributed by atoms with van der Waals surface area (Å²) in [5, 5.41) is 16.0. The third kappa shape index (κ3) is 4.71. The van der Waals surface area contributed by atoms with Gasteiger partial charge in [-0.15, -0.1) is 5.10 Å². The van der Waals surface area contributed by atoms with Crippen LogP contribution in [0.25, 0.3) is 17.1 Å². The summed E-state index contributed by atoms with van der Waals surface area (Å²) >= 11 is 6.33. The molecule has 2 aromatic carbocycles. The predicted octanol–water partition coefficient (Wildman–Crippen LogP) is 4.27. The molecule has 1 aliphatic heterocycles. The molecule has 1 aliphatic rings. The average Bonchev–Trinajstić information content (AvgIpc) is 3.24. The summed E-state index contributed by atoms with van der Waals surface area (Å²) in [5.41, 5.74) is 0.394. The van der Waals surface area contributed by atoms with E-state index in [1.54, 1.807) is 18.2 Å². The van der Waals surface area contributed by atoms with Crippen LogP contribution in [0.3, 0.4) is 0 Å². The number of fused-ring (bicyclic) bond motifs is 1. The smallest absolute Gasteiger partial charge is 0.416 e. The Balaban J connectivity index is 1.62. The number of carboxylic acids is 1. The molecule has 13 heteroatoms. The Labute approximate surface area is 192 Å². The summed E-state index contributed by atoms with van der Waals surface area (Å²) in [5.74, 6) is -2.04. The lowest BCUT2D eigenvalue weighted by molar-refractivity contribution is -0.140. The Hall–Kier alpha value is -3.38. The van der Waals surface area contributed by atoms with Gasteiger partial charge in [-0.25, -0.2) is 4.68 Å². The molecule has 3 aromatic rings. The number of carbonyl (C=O) groups excluding carboxylic acids is 2. The van der Waals surface area contributed by atoms with E-state index in [0.717, 1.165) is 6.07 Å². The molecular formula is C20H12ClF3N4O4S. The zero-order chi connectivity index (χ0) is 23.9. The SMILES string of the molecule is O=C(O)CN1C(=O)SC(=Cc2ccc3c(c2)nnn3Cc2ccc(Cl)cc2C(F)(F)F)C1=O. The van der Waals surface area contributed by atoms with Gasteiger partial charge in [-0.2, -0.15) is 13.2 Å². The van der Waals surface area contributed by atoms with Crippen molar-refractivity contribution in [3.05, 3.63) is 63.0 Å². The number of alkyl halides is 3. The number of aromatic nitrogens is 3. The number of hydrogen-bond acceptors (Lipinski definition) is 6. The summed E-state index contributed by atoms with van der Waals surface area (Å²) in [7, 11) is 0. The van der Waals surface area contributed by atoms with Crippen LogP contribution in [0.4, 0.5) is 18.0 Å². The molecule has 1 saturated heterocycles. The summed E-state index contributed by atoms with van der Waals surface area (Å²) in [4.78, 5) is 35.7. The monoisotopic (exact) mass is 496 g/mol. The molecule has 0 radical (unpaired) electrons. The van der Waals surface area contributed by atoms with E-state index in [1.165, 1.54) is 22.9 Å². The first-order valence-corrected chi connectivity index (χ1v) is 10.4. The highest BCUT2D eigenvalue weighted by Crippen LogP contribution is 2.35. The summed E-state index contributed by atoms with van der Waals surface area (Å²) < 4.78 is 41.4. The minimum atomic E-state index is -4.59. The van der Waals surface area contributed by atoms with Gasteiger partial charge in [-0.1, -0.05) is 28.9 Å². The fraction of sp³-hybridized carbons (Fsp3) is 0.150. The maximum absolute atomic E-state index is 13.4. The van der Waals surface area contributed by atoms with Crippen LogP contribution in [0.2, 0.25) is 5.02 Å². The van der Waals surface area contributed by atoms with Gasteiger partial charge in [0.15, 0.2) is 0 Å². The number of carboxylic acid groups (broad SMARTS) is 1. The van der Waals surface area contributed by atoms with Crippen molar-refractivity contribution in [2.75, 3.05) is 6.54 Å². The van der Waals surface area contributed by atoms with Crippen LogP contribution in [-0.4, -0.2) is 48.7 Å². The number of imide groups is 1. The van der Waals surface area contributed by atoms with E-state index < -0.39 is 35.4 Å². The first-order chi connectivity index (χ1) is 15.5. The molecule has 0 bridgehead atoms. The van der Waals surface area contributed by atoms with Crippen molar-refractivity contribution in [3.63, 3.8) is 0 Å². The van der Waals surface area contributed by atoms with Crippen molar-refractivity contribution < 1.29 is 32.7 Å². The molecule has 4 rings (SSSR count). The normalized spacial score (nSPS) is 15.8. The third-order valence-electron chi connectivity index (χ3n) is 4.70. The fourth-order valence-corrected chi connectivity index (χ4v) is 4.24. The lowest BCUT2D eigenvalue weighted by Crippen LogP contribution is -2.33. The minimum absolute atomic E-state index is 0.0325. The molecule has 8 nitrogen and oxygen atoms in total. The number of amides is 2. The molecule has 2 amide bonds. The van der Waals surface area contributed by atoms with Crippen molar-refractivity contribution in [3.8, 4) is 0 Å². The molecule has 0 atom stereocenters. The molecule has 0 saturated carbocycles. The van der Waals surface area contributed by atoms with Crippen LogP contribution in [-0.2, 0) is 22.3 Å². The van der Waals surface area contributed by atoms with Crippen molar-refractivity contribution >= 4 is 57.6 Å². The standard InChI is InChI=1S/C20H12ClF3N4O4S/c21-12-3-2-11(13(7-12)20(22,23)24)8-28-15-4-1-10(5-14(15)25-26-28)6-16-18(31)27(9-17(29)30)19(32)33-16/h1-7H,8-9H2,(H,29,30). The third-order valence-corrected chi connectivity index (χ3v) is 5.84. The lowest BCUT2D eigenvalue weighted by atomic mass is 10.1. The van der Waals surface area contributed by atoms with E-state index in [0.29, 0.717) is 33.3 Å². The number of aliphatic carboxylic acids is 1. The minimum Gasteiger partial charge on any atom is -0.480 e. The molecule has 0 spiro atoms. The van der Waals surface area contributed by atoms with E-state index in [4.69, 9.17) is 16.7 Å². The van der Waals surface area contributed by atoms with Gasteiger partial charge < -0.3 is 5.11 Å². The quantitative estimate of drug-likeness (QED) is 0.526. The fourth-order valence-electron chi connectivity index (χ4n) is 3.23. The van der Waals surface area contributed by atoms with Gasteiger partial charge in [-0.3, -0.25) is 19.3 Å². The number of thioether (sulfide) groups is 1. The molecule has 1 aromatic heterocycles. The zero-order valence-corrected chi connectivity index (χ0v) is 17.9. The molecule has 1 fully saturated rings. The maximum Gasteiger partial charge on any atom is 0.416 e. The second kappa shape index (κ2) is 8.52. The van der Waals surface area contributed by atoms with E-state index in [2.05, 4.69) is 10.3 Å². The Kier molecular flexibility index (Phi) is 5.89. The van der Waals surface area contributed by atoms with Crippen molar-refractivity contribution in [2.45, 2.75) is 12.7 Å². The molecular weight excluding hydrogens is 485 g/mol. The predicted molar refractivity (Wildman–Crippen MR) is 113 cm³/mol. The number of nitrogens with zero attached hydrogens (tertiary/aromatic N) is 4. The molecule has 2 heterocycles. The average molecular weight is 497 g/mol. The number of carbonyl (C=O) groups is 3. The Morgan fingerprint density at radius 3 is 2.64 bits per heavy atom. The van der Waals surface area contributed by atoms with Crippen LogP contribution in [0, 0.1) is 0 Å². The van der Waals surface area contributed by atoms with Gasteiger partial charge in [0, 0.05) is 5.02 Å². The zero-order valence-electron chi connectivity index (χ0n) is 16.3. The highest BCUT2D eigenvalue weighted by Gasteiger charge is 2.36. The van der Waals surface area contributed by atoms with E-state index in [9.17, 15) is 27.6 Å². The highest BCUT2D eigenvalue weighted by atomic mass is 35.5. The number of rotatable bonds is 5. The Bertz CT molecular complexity index is 1340. The van der Waals surface area contributed by atoms with Gasteiger partial charge in [0.25, 0.3) is 11.1 Å². The van der Waals surface area contributed by atoms with Gasteiger partial charge >= 0.3 is 12.1 Å². The molecule has 33 heavy (non-hydrogen) atoms. The number of benzene rings is 2.